The summed E-state index contributed by atoms with van der Waals surface area (Å²) in [6, 6.07) is 6.54. The Kier molecular flexibility index (Phi) is 4.95. The maximum Gasteiger partial charge on any atom is 0.307 e. The van der Waals surface area contributed by atoms with Crippen LogP contribution in [-0.2, 0) is 9.59 Å². The number of anilines is 1. The van der Waals surface area contributed by atoms with Gasteiger partial charge in [-0.15, -0.1) is 0 Å². The van der Waals surface area contributed by atoms with Gasteiger partial charge in [-0.25, -0.2) is 5.21 Å². The van der Waals surface area contributed by atoms with Crippen LogP contribution >= 0.6 is 11.6 Å². The maximum absolute atomic E-state index is 12.3. The summed E-state index contributed by atoms with van der Waals surface area (Å²) >= 11 is 5.92. The lowest BCUT2D eigenvalue weighted by Gasteiger charge is -2.25. The molecule has 112 valence electrons. The van der Waals surface area contributed by atoms with Crippen LogP contribution < -0.4 is 10.8 Å². The summed E-state index contributed by atoms with van der Waals surface area (Å²) in [7, 11) is 0. The lowest BCUT2D eigenvalue weighted by Crippen LogP contribution is -2.73. The van der Waals surface area contributed by atoms with E-state index in [-0.39, 0.29) is 18.7 Å². The van der Waals surface area contributed by atoms with Crippen LogP contribution in [0, 0.1) is 11.8 Å². The van der Waals surface area contributed by atoms with Crippen molar-refractivity contribution in [1.29, 1.82) is 0 Å². The van der Waals surface area contributed by atoms with Gasteiger partial charge in [0.15, 0.2) is 5.69 Å². The van der Waals surface area contributed by atoms with Crippen LogP contribution in [-0.4, -0.2) is 22.2 Å². The zero-order valence-electron chi connectivity index (χ0n) is 11.1. The Morgan fingerprint density at radius 2 is 1.90 bits per heavy atom. The molecule has 6 nitrogen and oxygen atoms in total. The number of allylic oxidation sites excluding steroid dienone is 2. The number of halogens is 1. The second-order valence-electron chi connectivity index (χ2n) is 4.88. The molecule has 1 aromatic carbocycles. The largest absolute Gasteiger partial charge is 0.481 e. The Bertz CT molecular complexity index is 571. The molecule has 0 spiro atoms. The number of hydrogen-bond acceptors (Lipinski definition) is 3. The first kappa shape index (κ1) is 15.5. The van der Waals surface area contributed by atoms with Crippen LogP contribution in [0.3, 0.4) is 0 Å². The van der Waals surface area contributed by atoms with Gasteiger partial charge in [-0.3, -0.25) is 9.59 Å². The van der Waals surface area contributed by atoms with Crippen LogP contribution in [0.1, 0.15) is 12.8 Å². The zero-order valence-corrected chi connectivity index (χ0v) is 11.9. The fourth-order valence-electron chi connectivity index (χ4n) is 2.29. The fraction of sp³-hybridized carbons (Fsp3) is 0.286. The monoisotopic (exact) mass is 311 g/mol. The molecule has 0 aliphatic heterocycles. The molecule has 0 heterocycles. The molecule has 21 heavy (non-hydrogen) atoms. The summed E-state index contributed by atoms with van der Waals surface area (Å²) in [6.07, 6.45) is 2.13. The summed E-state index contributed by atoms with van der Waals surface area (Å²) in [5.41, 5.74) is 2.11. The molecular weight excluding hydrogens is 296 g/mol. The van der Waals surface area contributed by atoms with Crippen molar-refractivity contribution in [3.8, 4) is 0 Å². The molecule has 0 saturated carbocycles. The minimum Gasteiger partial charge on any atom is -0.481 e. The first-order valence-corrected chi connectivity index (χ1v) is 6.84. The molecule has 0 fully saturated rings. The molecule has 2 unspecified atom stereocenters. The topological polar surface area (TPSA) is 103 Å². The number of hydrogen-bond donors (Lipinski definition) is 4. The number of aliphatic carboxylic acids is 1. The van der Waals surface area contributed by atoms with Crippen LogP contribution in [0.15, 0.2) is 35.4 Å². The van der Waals surface area contributed by atoms with Crippen molar-refractivity contribution in [1.82, 2.24) is 0 Å². The van der Waals surface area contributed by atoms with Gasteiger partial charge in [0.25, 0.3) is 0 Å². The SMILES string of the molecule is O=C(O)C1CC=C(Cl)CC1C(=O)Nc1ccc([NH2+]O)cc1. The minimum atomic E-state index is -0.999. The van der Waals surface area contributed by atoms with Crippen LogP contribution in [0.2, 0.25) is 0 Å². The van der Waals surface area contributed by atoms with Crippen molar-refractivity contribution in [2.75, 3.05) is 5.32 Å². The lowest BCUT2D eigenvalue weighted by molar-refractivity contribution is -0.825. The highest BCUT2D eigenvalue weighted by Gasteiger charge is 2.36. The van der Waals surface area contributed by atoms with Gasteiger partial charge >= 0.3 is 5.97 Å². The number of rotatable bonds is 4. The molecule has 1 aromatic rings. The number of carbonyl (C=O) groups excluding carboxylic acids is 1. The summed E-state index contributed by atoms with van der Waals surface area (Å²) in [4.78, 5) is 23.5. The van der Waals surface area contributed by atoms with Gasteiger partial charge in [0.05, 0.1) is 11.8 Å². The first-order chi connectivity index (χ1) is 10.0. The number of quaternary nitrogens is 1. The predicted molar refractivity (Wildman–Crippen MR) is 76.2 cm³/mol. The molecule has 7 heteroatoms. The Labute approximate surface area is 126 Å². The van der Waals surface area contributed by atoms with E-state index in [2.05, 4.69) is 5.32 Å². The van der Waals surface area contributed by atoms with E-state index in [0.29, 0.717) is 16.4 Å². The van der Waals surface area contributed by atoms with E-state index in [0.717, 1.165) is 5.48 Å². The van der Waals surface area contributed by atoms with E-state index in [1.165, 1.54) is 0 Å². The van der Waals surface area contributed by atoms with E-state index in [9.17, 15) is 14.7 Å². The third-order valence-electron chi connectivity index (χ3n) is 3.48. The maximum atomic E-state index is 12.3. The highest BCUT2D eigenvalue weighted by atomic mass is 35.5. The zero-order chi connectivity index (χ0) is 15.4. The van der Waals surface area contributed by atoms with Gasteiger partial charge in [-0.05, 0) is 25.0 Å². The molecule has 5 N–H and O–H groups in total. The van der Waals surface area contributed by atoms with E-state index < -0.39 is 17.8 Å². The number of carboxylic acid groups (broad SMARTS) is 1. The van der Waals surface area contributed by atoms with Crippen LogP contribution in [0.25, 0.3) is 0 Å². The summed E-state index contributed by atoms with van der Waals surface area (Å²) < 4.78 is 0. The Morgan fingerprint density at radius 1 is 1.24 bits per heavy atom. The molecule has 2 atom stereocenters. The lowest BCUT2D eigenvalue weighted by atomic mass is 9.82. The normalized spacial score (nSPS) is 21.5. The predicted octanol–water partition coefficient (Wildman–Crippen LogP) is 1.44. The van der Waals surface area contributed by atoms with Crippen LogP contribution in [0.4, 0.5) is 11.4 Å². The summed E-state index contributed by atoms with van der Waals surface area (Å²) in [5.74, 6) is -2.82. The number of carbonyl (C=O) groups is 2. The molecule has 1 aliphatic carbocycles. The highest BCUT2D eigenvalue weighted by Crippen LogP contribution is 2.32. The average Bonchev–Trinajstić information content (AvgIpc) is 2.47. The molecule has 0 radical (unpaired) electrons. The van der Waals surface area contributed by atoms with E-state index in [1.54, 1.807) is 30.3 Å². The molecule has 1 aliphatic rings. The quantitative estimate of drug-likeness (QED) is 0.499. The van der Waals surface area contributed by atoms with Crippen molar-refractivity contribution in [3.63, 3.8) is 0 Å². The molecule has 1 amide bonds. The van der Waals surface area contributed by atoms with Crippen LogP contribution in [0.5, 0.6) is 0 Å². The average molecular weight is 312 g/mol. The Morgan fingerprint density at radius 3 is 2.48 bits per heavy atom. The van der Waals surface area contributed by atoms with Crippen molar-refractivity contribution < 1.29 is 25.4 Å². The van der Waals surface area contributed by atoms with Crippen molar-refractivity contribution in [2.45, 2.75) is 12.8 Å². The van der Waals surface area contributed by atoms with Gasteiger partial charge < -0.3 is 10.4 Å². The summed E-state index contributed by atoms with van der Waals surface area (Å²) in [5, 5.41) is 21.2. The van der Waals surface area contributed by atoms with E-state index in [4.69, 9.17) is 16.8 Å². The summed E-state index contributed by atoms with van der Waals surface area (Å²) in [6.45, 7) is 0. The van der Waals surface area contributed by atoms with Gasteiger partial charge in [0.1, 0.15) is 0 Å². The fourth-order valence-corrected chi connectivity index (χ4v) is 2.55. The van der Waals surface area contributed by atoms with Gasteiger partial charge in [0, 0.05) is 22.9 Å². The van der Waals surface area contributed by atoms with Gasteiger partial charge in [-0.1, -0.05) is 17.7 Å². The Balaban J connectivity index is 2.10. The number of carboxylic acids is 1. The highest BCUT2D eigenvalue weighted by molar-refractivity contribution is 6.29. The number of benzene rings is 1. The number of nitrogens with two attached hydrogens (primary N) is 1. The van der Waals surface area contributed by atoms with Gasteiger partial charge in [0.2, 0.25) is 5.91 Å². The number of nitrogens with one attached hydrogen (secondary N) is 1. The standard InChI is InChI=1S/C14H15ClN2O4/c15-8-1-6-11(14(19)20)12(7-8)13(18)16-9-2-4-10(17-21)5-3-9/h1-5,11-12,17,21H,6-7H2,(H,16,18)(H,19,20)/p+1. The number of amides is 1. The molecule has 2 rings (SSSR count). The van der Waals surface area contributed by atoms with E-state index >= 15 is 0 Å². The first-order valence-electron chi connectivity index (χ1n) is 6.47. The smallest absolute Gasteiger partial charge is 0.307 e. The second kappa shape index (κ2) is 6.71. The van der Waals surface area contributed by atoms with E-state index in [1.807, 2.05) is 0 Å². The third-order valence-corrected chi connectivity index (χ3v) is 3.78. The molecular formula is C14H16ClN2O4+. The molecule has 0 aromatic heterocycles. The van der Waals surface area contributed by atoms with Crippen molar-refractivity contribution in [2.24, 2.45) is 11.8 Å². The van der Waals surface area contributed by atoms with Crippen molar-refractivity contribution in [3.05, 3.63) is 35.4 Å². The molecule has 0 saturated heterocycles. The van der Waals surface area contributed by atoms with Crippen molar-refractivity contribution >= 4 is 34.9 Å². The minimum absolute atomic E-state index is 0.229. The third kappa shape index (κ3) is 3.81. The molecule has 0 bridgehead atoms. The van der Waals surface area contributed by atoms with Gasteiger partial charge in [-0.2, -0.15) is 5.48 Å². The Hall–Kier alpha value is -1.89. The second-order valence-corrected chi connectivity index (χ2v) is 5.37.